The monoisotopic (exact) mass is 404 g/mol. The Balaban J connectivity index is 2.16. The van der Waals surface area contributed by atoms with E-state index in [1.807, 2.05) is 13.8 Å². The first-order valence-corrected chi connectivity index (χ1v) is 10.6. The molecule has 0 aromatic heterocycles. The molecule has 150 valence electrons. The normalized spacial score (nSPS) is 11.2. The minimum absolute atomic E-state index is 0.0366. The fourth-order valence-corrected chi connectivity index (χ4v) is 3.35. The van der Waals surface area contributed by atoms with Crippen LogP contribution in [0.15, 0.2) is 48.5 Å². The van der Waals surface area contributed by atoms with Gasteiger partial charge in [-0.25, -0.2) is 8.42 Å². The van der Waals surface area contributed by atoms with E-state index in [0.29, 0.717) is 17.0 Å². The van der Waals surface area contributed by atoms with E-state index in [1.54, 1.807) is 42.5 Å². The van der Waals surface area contributed by atoms with Crippen LogP contribution in [0.2, 0.25) is 0 Å². The van der Waals surface area contributed by atoms with Gasteiger partial charge in [0.1, 0.15) is 12.3 Å². The number of amides is 1. The van der Waals surface area contributed by atoms with Gasteiger partial charge >= 0.3 is 0 Å². The van der Waals surface area contributed by atoms with E-state index in [4.69, 9.17) is 4.74 Å². The zero-order chi connectivity index (χ0) is 20.9. The van der Waals surface area contributed by atoms with Crippen molar-refractivity contribution < 1.29 is 22.7 Å². The molecule has 0 saturated carbocycles. The summed E-state index contributed by atoms with van der Waals surface area (Å²) in [4.78, 5) is 24.0. The maximum absolute atomic E-state index is 12.4. The molecule has 2 aromatic rings. The number of ether oxygens (including phenoxy) is 1. The van der Waals surface area contributed by atoms with Gasteiger partial charge in [-0.1, -0.05) is 12.1 Å². The summed E-state index contributed by atoms with van der Waals surface area (Å²) in [5.74, 6) is -0.0218. The second-order valence-corrected chi connectivity index (χ2v) is 8.52. The lowest BCUT2D eigenvalue weighted by Gasteiger charge is -2.22. The van der Waals surface area contributed by atoms with Gasteiger partial charge in [-0.2, -0.15) is 0 Å². The average Bonchev–Trinajstić information content (AvgIpc) is 2.60. The SMILES string of the molecule is CC(=O)c1cccc(N(CC(=O)Nc2ccc(OC(C)C)cc2)S(C)(=O)=O)c1. The molecule has 0 heterocycles. The lowest BCUT2D eigenvalue weighted by molar-refractivity contribution is -0.114. The Kier molecular flexibility index (Phi) is 6.80. The Morgan fingerprint density at radius 3 is 2.29 bits per heavy atom. The highest BCUT2D eigenvalue weighted by Gasteiger charge is 2.21. The first-order chi connectivity index (χ1) is 13.1. The molecule has 28 heavy (non-hydrogen) atoms. The molecule has 0 aliphatic carbocycles. The standard InChI is InChI=1S/C20H24N2O5S/c1-14(2)27-19-10-8-17(9-11-19)21-20(24)13-22(28(4,25)26)18-7-5-6-16(12-18)15(3)23/h5-12,14H,13H2,1-4H3,(H,21,24). The second kappa shape index (κ2) is 8.88. The van der Waals surface area contributed by atoms with Gasteiger partial charge in [0.25, 0.3) is 0 Å². The summed E-state index contributed by atoms with van der Waals surface area (Å²) in [6.07, 6.45) is 1.05. The summed E-state index contributed by atoms with van der Waals surface area (Å²) < 4.78 is 30.9. The first kappa shape index (κ1) is 21.4. The summed E-state index contributed by atoms with van der Waals surface area (Å²) in [6.45, 7) is 4.81. The fraction of sp³-hybridized carbons (Fsp3) is 0.300. The van der Waals surface area contributed by atoms with Crippen LogP contribution >= 0.6 is 0 Å². The second-order valence-electron chi connectivity index (χ2n) is 6.62. The van der Waals surface area contributed by atoms with Gasteiger partial charge < -0.3 is 10.1 Å². The molecule has 2 aromatic carbocycles. The van der Waals surface area contributed by atoms with E-state index >= 15 is 0 Å². The third-order valence-corrected chi connectivity index (χ3v) is 4.88. The topological polar surface area (TPSA) is 92.8 Å². The number of benzene rings is 2. The van der Waals surface area contributed by atoms with Crippen molar-refractivity contribution in [3.8, 4) is 5.75 Å². The van der Waals surface area contributed by atoms with Crippen molar-refractivity contribution in [3.05, 3.63) is 54.1 Å². The molecule has 0 fully saturated rings. The smallest absolute Gasteiger partial charge is 0.245 e. The maximum atomic E-state index is 12.4. The molecule has 8 heteroatoms. The molecule has 0 unspecified atom stereocenters. The van der Waals surface area contributed by atoms with Crippen LogP contribution in [-0.2, 0) is 14.8 Å². The number of nitrogens with zero attached hydrogens (tertiary/aromatic N) is 1. The first-order valence-electron chi connectivity index (χ1n) is 8.71. The zero-order valence-corrected chi connectivity index (χ0v) is 17.1. The van der Waals surface area contributed by atoms with Gasteiger partial charge in [0.2, 0.25) is 15.9 Å². The van der Waals surface area contributed by atoms with Crippen molar-refractivity contribution >= 4 is 33.1 Å². The number of hydrogen-bond acceptors (Lipinski definition) is 5. The Morgan fingerprint density at radius 1 is 1.11 bits per heavy atom. The molecular formula is C20H24N2O5S. The van der Waals surface area contributed by atoms with Crippen molar-refractivity contribution in [1.82, 2.24) is 0 Å². The van der Waals surface area contributed by atoms with Crippen LogP contribution < -0.4 is 14.4 Å². The summed E-state index contributed by atoms with van der Waals surface area (Å²) >= 11 is 0. The highest BCUT2D eigenvalue weighted by Crippen LogP contribution is 2.20. The van der Waals surface area contributed by atoms with Gasteiger partial charge in [-0.3, -0.25) is 13.9 Å². The molecule has 0 atom stereocenters. The molecule has 0 radical (unpaired) electrons. The molecule has 2 rings (SSSR count). The van der Waals surface area contributed by atoms with Crippen molar-refractivity contribution in [2.24, 2.45) is 0 Å². The van der Waals surface area contributed by atoms with Crippen molar-refractivity contribution in [2.45, 2.75) is 26.9 Å². The van der Waals surface area contributed by atoms with Gasteiger partial charge in [0.15, 0.2) is 5.78 Å². The molecule has 1 N–H and O–H groups in total. The summed E-state index contributed by atoms with van der Waals surface area (Å²) in [5, 5.41) is 2.66. The molecule has 1 amide bonds. The van der Waals surface area contributed by atoms with Gasteiger partial charge in [0.05, 0.1) is 18.0 Å². The minimum atomic E-state index is -3.73. The molecule has 0 aliphatic heterocycles. The number of rotatable bonds is 8. The number of Topliss-reactive ketones (excluding diaryl/α,β-unsaturated/α-hetero) is 1. The van der Waals surface area contributed by atoms with Crippen LogP contribution in [0.25, 0.3) is 0 Å². The highest BCUT2D eigenvalue weighted by atomic mass is 32.2. The Labute approximate surface area is 165 Å². The van der Waals surface area contributed by atoms with E-state index < -0.39 is 22.5 Å². The van der Waals surface area contributed by atoms with E-state index in [-0.39, 0.29) is 17.6 Å². The minimum Gasteiger partial charge on any atom is -0.491 e. The quantitative estimate of drug-likeness (QED) is 0.683. The summed E-state index contributed by atoms with van der Waals surface area (Å²) in [5.41, 5.74) is 1.14. The lowest BCUT2D eigenvalue weighted by atomic mass is 10.1. The van der Waals surface area contributed by atoms with Crippen LogP contribution in [0.1, 0.15) is 31.1 Å². The van der Waals surface area contributed by atoms with Crippen LogP contribution in [0.4, 0.5) is 11.4 Å². The van der Waals surface area contributed by atoms with Gasteiger partial charge in [-0.05, 0) is 57.2 Å². The van der Waals surface area contributed by atoms with Crippen molar-refractivity contribution in [3.63, 3.8) is 0 Å². The number of sulfonamides is 1. The number of ketones is 1. The fourth-order valence-electron chi connectivity index (χ4n) is 2.50. The number of carbonyl (C=O) groups excluding carboxylic acids is 2. The van der Waals surface area contributed by atoms with Crippen LogP contribution in [0.3, 0.4) is 0 Å². The third-order valence-electron chi connectivity index (χ3n) is 3.74. The van der Waals surface area contributed by atoms with E-state index in [9.17, 15) is 18.0 Å². The predicted octanol–water partition coefficient (Wildman–Crippen LogP) is 3.08. The van der Waals surface area contributed by atoms with E-state index in [0.717, 1.165) is 10.6 Å². The maximum Gasteiger partial charge on any atom is 0.245 e. The van der Waals surface area contributed by atoms with Crippen molar-refractivity contribution in [2.75, 3.05) is 22.4 Å². The summed E-state index contributed by atoms with van der Waals surface area (Å²) in [7, 11) is -3.73. The molecule has 0 spiro atoms. The number of anilines is 2. The molecule has 7 nitrogen and oxygen atoms in total. The Bertz CT molecular complexity index is 953. The molecular weight excluding hydrogens is 380 g/mol. The van der Waals surface area contributed by atoms with E-state index in [2.05, 4.69) is 5.32 Å². The summed E-state index contributed by atoms with van der Waals surface area (Å²) in [6, 6.07) is 13.0. The largest absolute Gasteiger partial charge is 0.491 e. The lowest BCUT2D eigenvalue weighted by Crippen LogP contribution is -2.37. The average molecular weight is 404 g/mol. The third kappa shape index (κ3) is 6.09. The Hall–Kier alpha value is -2.87. The van der Waals surface area contributed by atoms with Crippen molar-refractivity contribution in [1.29, 1.82) is 0 Å². The number of hydrogen-bond donors (Lipinski definition) is 1. The van der Waals surface area contributed by atoms with Crippen LogP contribution in [-0.4, -0.2) is 39.0 Å². The molecule has 0 bridgehead atoms. The van der Waals surface area contributed by atoms with Crippen LogP contribution in [0.5, 0.6) is 5.75 Å². The van der Waals surface area contributed by atoms with Gasteiger partial charge in [-0.15, -0.1) is 0 Å². The Morgan fingerprint density at radius 2 is 1.75 bits per heavy atom. The highest BCUT2D eigenvalue weighted by molar-refractivity contribution is 7.92. The number of nitrogens with one attached hydrogen (secondary N) is 1. The van der Waals surface area contributed by atoms with E-state index in [1.165, 1.54) is 13.0 Å². The molecule has 0 aliphatic rings. The zero-order valence-electron chi connectivity index (χ0n) is 16.3. The number of carbonyl (C=O) groups is 2. The van der Waals surface area contributed by atoms with Crippen LogP contribution in [0, 0.1) is 0 Å². The predicted molar refractivity (Wildman–Crippen MR) is 109 cm³/mol. The van der Waals surface area contributed by atoms with Gasteiger partial charge in [0, 0.05) is 11.3 Å². The molecule has 0 saturated heterocycles.